The maximum absolute atomic E-state index is 12.7. The largest absolute Gasteiger partial charge is 0.391 e. The molecule has 1 aliphatic carbocycles. The van der Waals surface area contributed by atoms with Gasteiger partial charge in [-0.2, -0.15) is 13.2 Å². The van der Waals surface area contributed by atoms with Gasteiger partial charge in [0, 0.05) is 13.1 Å². The fourth-order valence-corrected chi connectivity index (χ4v) is 3.20. The molecule has 4 atom stereocenters. The lowest BCUT2D eigenvalue weighted by Crippen LogP contribution is -2.40. The van der Waals surface area contributed by atoms with E-state index in [1.54, 1.807) is 0 Å². The molecule has 0 radical (unpaired) electrons. The Bertz CT molecular complexity index is 363. The second kappa shape index (κ2) is 6.96. The van der Waals surface area contributed by atoms with Gasteiger partial charge in [0.25, 0.3) is 0 Å². The van der Waals surface area contributed by atoms with Gasteiger partial charge in [0.15, 0.2) is 0 Å². The van der Waals surface area contributed by atoms with Crippen LogP contribution in [0.15, 0.2) is 0 Å². The lowest BCUT2D eigenvalue weighted by molar-refractivity contribution is -0.185. The number of nitrogens with one attached hydrogen (secondary N) is 1. The van der Waals surface area contributed by atoms with E-state index in [4.69, 9.17) is 10.5 Å². The molecule has 21 heavy (non-hydrogen) atoms. The van der Waals surface area contributed by atoms with Crippen molar-refractivity contribution in [1.29, 1.82) is 0 Å². The molecule has 1 saturated heterocycles. The van der Waals surface area contributed by atoms with E-state index in [0.717, 1.165) is 12.8 Å². The lowest BCUT2D eigenvalue weighted by atomic mass is 9.81. The number of hydrogen-bond acceptors (Lipinski definition) is 3. The first-order valence-electron chi connectivity index (χ1n) is 7.60. The van der Waals surface area contributed by atoms with Crippen LogP contribution < -0.4 is 11.1 Å². The highest BCUT2D eigenvalue weighted by atomic mass is 19.4. The number of hydrogen-bond donors (Lipinski definition) is 2. The topological polar surface area (TPSA) is 64.4 Å². The zero-order valence-electron chi connectivity index (χ0n) is 12.0. The van der Waals surface area contributed by atoms with E-state index < -0.39 is 18.2 Å². The number of ether oxygens (including phenoxy) is 1. The van der Waals surface area contributed by atoms with Gasteiger partial charge in [-0.1, -0.05) is 6.42 Å². The monoisotopic (exact) mass is 308 g/mol. The van der Waals surface area contributed by atoms with Crippen molar-refractivity contribution in [2.24, 2.45) is 17.6 Å². The summed E-state index contributed by atoms with van der Waals surface area (Å²) < 4.78 is 43.6. The molecule has 122 valence electrons. The highest BCUT2D eigenvalue weighted by molar-refractivity contribution is 5.81. The molecule has 1 saturated carbocycles. The Morgan fingerprint density at radius 3 is 2.62 bits per heavy atom. The number of carbonyl (C=O) groups is 1. The van der Waals surface area contributed by atoms with E-state index in [1.807, 2.05) is 0 Å². The molecule has 1 heterocycles. The number of nitrogens with two attached hydrogens (primary N) is 1. The molecule has 1 amide bonds. The molecule has 2 rings (SSSR count). The van der Waals surface area contributed by atoms with E-state index in [2.05, 4.69) is 5.32 Å². The van der Waals surface area contributed by atoms with Crippen LogP contribution in [0.4, 0.5) is 13.2 Å². The molecule has 0 spiro atoms. The summed E-state index contributed by atoms with van der Waals surface area (Å²) >= 11 is 0. The van der Waals surface area contributed by atoms with Crippen LogP contribution in [0.2, 0.25) is 0 Å². The summed E-state index contributed by atoms with van der Waals surface area (Å²) in [4.78, 5) is 11.9. The summed E-state index contributed by atoms with van der Waals surface area (Å²) in [6.07, 6.45) is -1.68. The van der Waals surface area contributed by atoms with Crippen molar-refractivity contribution in [1.82, 2.24) is 5.32 Å². The van der Waals surface area contributed by atoms with Gasteiger partial charge in [-0.3, -0.25) is 4.79 Å². The summed E-state index contributed by atoms with van der Waals surface area (Å²) in [5.41, 5.74) is 5.48. The Balaban J connectivity index is 1.74. The Morgan fingerprint density at radius 1 is 1.24 bits per heavy atom. The number of amides is 1. The van der Waals surface area contributed by atoms with Crippen LogP contribution in [-0.4, -0.2) is 37.4 Å². The first-order valence-corrected chi connectivity index (χ1v) is 7.60. The quantitative estimate of drug-likeness (QED) is 0.834. The summed E-state index contributed by atoms with van der Waals surface area (Å²) in [6, 6.07) is 0. The number of rotatable bonds is 4. The first kappa shape index (κ1) is 16.5. The minimum atomic E-state index is -4.12. The highest BCUT2D eigenvalue weighted by Gasteiger charge is 2.42. The van der Waals surface area contributed by atoms with Crippen LogP contribution in [0.5, 0.6) is 0 Å². The zero-order chi connectivity index (χ0) is 15.5. The van der Waals surface area contributed by atoms with E-state index >= 15 is 0 Å². The minimum Gasteiger partial charge on any atom is -0.364 e. The average Bonchev–Trinajstić information content (AvgIpc) is 2.93. The third-order valence-electron chi connectivity index (χ3n) is 4.47. The molecule has 3 N–H and O–H groups in total. The minimum absolute atomic E-state index is 0.0787. The van der Waals surface area contributed by atoms with Gasteiger partial charge in [-0.25, -0.2) is 0 Å². The van der Waals surface area contributed by atoms with Crippen molar-refractivity contribution in [3.8, 4) is 0 Å². The molecule has 7 heteroatoms. The highest BCUT2D eigenvalue weighted by Crippen LogP contribution is 2.39. The van der Waals surface area contributed by atoms with Crippen LogP contribution in [0.25, 0.3) is 0 Å². The first-order chi connectivity index (χ1) is 9.90. The van der Waals surface area contributed by atoms with Crippen LogP contribution in [0.1, 0.15) is 38.5 Å². The standard InChI is InChI=1S/C14H23F3N2O2/c15-14(16,17)10-3-1-2-9(6-10)8-19-13(20)12-5-4-11(7-18)21-12/h9-12H,1-8,18H2,(H,19,20)/t9?,10?,11-,12+/m1/s1. The van der Waals surface area contributed by atoms with Gasteiger partial charge >= 0.3 is 6.18 Å². The van der Waals surface area contributed by atoms with Crippen molar-refractivity contribution in [3.05, 3.63) is 0 Å². The van der Waals surface area contributed by atoms with Crippen molar-refractivity contribution < 1.29 is 22.7 Å². The summed E-state index contributed by atoms with van der Waals surface area (Å²) in [5.74, 6) is -1.54. The van der Waals surface area contributed by atoms with Gasteiger partial charge in [0.1, 0.15) is 6.10 Å². The maximum atomic E-state index is 12.7. The number of halogens is 3. The number of carbonyl (C=O) groups excluding carboxylic acids is 1. The van der Waals surface area contributed by atoms with Crippen molar-refractivity contribution in [2.45, 2.75) is 56.9 Å². The van der Waals surface area contributed by atoms with E-state index in [-0.39, 0.29) is 30.8 Å². The molecule has 1 aliphatic heterocycles. The Labute approximate surface area is 122 Å². The average molecular weight is 308 g/mol. The molecule has 0 aromatic rings. The van der Waals surface area contributed by atoms with Crippen molar-refractivity contribution in [2.75, 3.05) is 13.1 Å². The smallest absolute Gasteiger partial charge is 0.364 e. The van der Waals surface area contributed by atoms with Crippen LogP contribution in [0, 0.1) is 11.8 Å². The molecule has 2 unspecified atom stereocenters. The summed E-state index contributed by atoms with van der Waals surface area (Å²) in [5, 5.41) is 2.74. The Hall–Kier alpha value is -0.820. The zero-order valence-corrected chi connectivity index (χ0v) is 12.0. The fourth-order valence-electron chi connectivity index (χ4n) is 3.20. The fraction of sp³-hybridized carbons (Fsp3) is 0.929. The van der Waals surface area contributed by atoms with Gasteiger partial charge in [0.05, 0.1) is 12.0 Å². The third-order valence-corrected chi connectivity index (χ3v) is 4.47. The molecule has 2 fully saturated rings. The Kier molecular flexibility index (Phi) is 5.48. The van der Waals surface area contributed by atoms with Crippen LogP contribution in [-0.2, 0) is 9.53 Å². The lowest BCUT2D eigenvalue weighted by Gasteiger charge is -2.30. The van der Waals surface area contributed by atoms with Gasteiger partial charge in [0.2, 0.25) is 5.91 Å². The normalized spacial score (nSPS) is 33.9. The van der Waals surface area contributed by atoms with E-state index in [0.29, 0.717) is 25.9 Å². The molecule has 0 aromatic heterocycles. The van der Waals surface area contributed by atoms with Crippen molar-refractivity contribution >= 4 is 5.91 Å². The molecule has 4 nitrogen and oxygen atoms in total. The van der Waals surface area contributed by atoms with Gasteiger partial charge in [-0.05, 0) is 38.0 Å². The molecular formula is C14H23F3N2O2. The summed E-state index contributed by atoms with van der Waals surface area (Å²) in [7, 11) is 0. The summed E-state index contributed by atoms with van der Waals surface area (Å²) in [6.45, 7) is 0.693. The predicted molar refractivity (Wildman–Crippen MR) is 71.5 cm³/mol. The number of alkyl halides is 3. The maximum Gasteiger partial charge on any atom is 0.391 e. The SMILES string of the molecule is NC[C@H]1CC[C@@H](C(=O)NCC2CCCC(C(F)(F)F)C2)O1. The predicted octanol–water partition coefficient (Wildman–Crippen LogP) is 1.98. The van der Waals surface area contributed by atoms with E-state index in [9.17, 15) is 18.0 Å². The Morgan fingerprint density at radius 2 is 2.00 bits per heavy atom. The van der Waals surface area contributed by atoms with Gasteiger partial charge in [-0.15, -0.1) is 0 Å². The second-order valence-corrected chi connectivity index (χ2v) is 6.08. The molecule has 0 bridgehead atoms. The second-order valence-electron chi connectivity index (χ2n) is 6.08. The van der Waals surface area contributed by atoms with Crippen LogP contribution >= 0.6 is 0 Å². The third kappa shape index (κ3) is 4.57. The molecule has 2 aliphatic rings. The van der Waals surface area contributed by atoms with Crippen LogP contribution in [0.3, 0.4) is 0 Å². The van der Waals surface area contributed by atoms with E-state index in [1.165, 1.54) is 0 Å². The van der Waals surface area contributed by atoms with Crippen molar-refractivity contribution in [3.63, 3.8) is 0 Å². The molecular weight excluding hydrogens is 285 g/mol. The molecule has 0 aromatic carbocycles. The van der Waals surface area contributed by atoms with Gasteiger partial charge < -0.3 is 15.8 Å².